The summed E-state index contributed by atoms with van der Waals surface area (Å²) in [5, 5.41) is 5.37. The normalized spacial score (nSPS) is 11.9. The van der Waals surface area contributed by atoms with Gasteiger partial charge in [0.1, 0.15) is 0 Å². The molecule has 3 rings (SSSR count). The molecule has 0 aliphatic heterocycles. The fourth-order valence-electron chi connectivity index (χ4n) is 2.31. The molecule has 1 heterocycles. The van der Waals surface area contributed by atoms with Gasteiger partial charge in [0.25, 0.3) is 0 Å². The first-order valence-electron chi connectivity index (χ1n) is 7.90. The van der Waals surface area contributed by atoms with Crippen LogP contribution in [-0.2, 0) is 4.79 Å². The van der Waals surface area contributed by atoms with Crippen LogP contribution in [0.1, 0.15) is 13.3 Å². The highest BCUT2D eigenvalue weighted by atomic mass is 32.2. The Bertz CT molecular complexity index is 891. The molecule has 0 radical (unpaired) electrons. The highest BCUT2D eigenvalue weighted by Gasteiger charge is 2.30. The summed E-state index contributed by atoms with van der Waals surface area (Å²) in [6.45, 7) is 1.91. The summed E-state index contributed by atoms with van der Waals surface area (Å²) >= 11 is 1.18. The summed E-state index contributed by atoms with van der Waals surface area (Å²) in [4.78, 5) is 24.6. The van der Waals surface area contributed by atoms with Crippen LogP contribution in [0.3, 0.4) is 0 Å². The molecule has 1 unspecified atom stereocenters. The van der Waals surface area contributed by atoms with E-state index in [1.807, 2.05) is 67.6 Å². The molecule has 0 spiro atoms. The topological polar surface area (TPSA) is 79.0 Å². The smallest absolute Gasteiger partial charge is 0.325 e. The molecule has 6 nitrogen and oxygen atoms in total. The number of benzene rings is 2. The number of H-pyrrole nitrogens is 1. The van der Waals surface area contributed by atoms with Crippen molar-refractivity contribution < 1.29 is 14.0 Å². The molecule has 1 amide bonds. The predicted molar refractivity (Wildman–Crippen MR) is 95.9 cm³/mol. The van der Waals surface area contributed by atoms with Crippen LogP contribution in [-0.4, -0.2) is 16.4 Å². The highest BCUT2D eigenvalue weighted by Crippen LogP contribution is 2.22. The van der Waals surface area contributed by atoms with Gasteiger partial charge in [-0.3, -0.25) is 9.32 Å². The lowest BCUT2D eigenvalue weighted by molar-refractivity contribution is -0.704. The molecule has 2 N–H and O–H groups in total. The minimum absolute atomic E-state index is 0.154. The molecule has 25 heavy (non-hydrogen) atoms. The molecule has 0 bridgehead atoms. The molecular formula is C18H18N3O3S+. The second kappa shape index (κ2) is 7.85. The number of nitrogens with zero attached hydrogens (tertiary/aromatic N) is 1. The SMILES string of the molecule is CCC(Sc1c(=O)o[nH][n+]1-c1ccccc1)C(=O)Nc1ccccc1. The quantitative estimate of drug-likeness (QED) is 0.526. The van der Waals surface area contributed by atoms with Gasteiger partial charge in [-0.2, -0.15) is 0 Å². The van der Waals surface area contributed by atoms with Gasteiger partial charge in [0.2, 0.25) is 11.6 Å². The Kier molecular flexibility index (Phi) is 5.35. The number of rotatable bonds is 6. The van der Waals surface area contributed by atoms with Crippen LogP contribution in [0.25, 0.3) is 5.69 Å². The predicted octanol–water partition coefficient (Wildman–Crippen LogP) is 2.75. The fourth-order valence-corrected chi connectivity index (χ4v) is 3.30. The number of hydrogen-bond acceptors (Lipinski definition) is 4. The van der Waals surface area contributed by atoms with Gasteiger partial charge in [-0.1, -0.05) is 43.3 Å². The molecule has 1 atom stereocenters. The third-order valence-corrected chi connectivity index (χ3v) is 4.98. The number of carbonyl (C=O) groups is 1. The van der Waals surface area contributed by atoms with Gasteiger partial charge >= 0.3 is 10.7 Å². The van der Waals surface area contributed by atoms with Gasteiger partial charge in [0.05, 0.1) is 5.25 Å². The Balaban J connectivity index is 1.82. The van der Waals surface area contributed by atoms with Crippen LogP contribution in [0.4, 0.5) is 5.69 Å². The molecule has 0 saturated heterocycles. The zero-order valence-corrected chi connectivity index (χ0v) is 14.5. The number of nitrogens with one attached hydrogen (secondary N) is 2. The van der Waals surface area contributed by atoms with E-state index < -0.39 is 10.9 Å². The second-order valence-electron chi connectivity index (χ2n) is 5.33. The van der Waals surface area contributed by atoms with E-state index in [4.69, 9.17) is 4.52 Å². The standard InChI is InChI=1S/C18H17N3O3S/c1-2-15(16(22)19-13-9-5-3-6-10-13)25-17-18(23)24-20-21(17)14-11-7-4-8-12-14/h3-12,15H,2H2,1H3,(H-,19,20,22,23)/p+1. The summed E-state index contributed by atoms with van der Waals surface area (Å²) in [5.74, 6) is -0.154. The van der Waals surface area contributed by atoms with Gasteiger partial charge in [0.15, 0.2) is 0 Å². The average molecular weight is 356 g/mol. The molecule has 1 aromatic heterocycles. The van der Waals surface area contributed by atoms with Crippen LogP contribution < -0.4 is 15.6 Å². The van der Waals surface area contributed by atoms with E-state index in [1.165, 1.54) is 11.8 Å². The molecule has 7 heteroatoms. The van der Waals surface area contributed by atoms with Crippen molar-refractivity contribution in [3.05, 3.63) is 71.1 Å². The van der Waals surface area contributed by atoms with E-state index in [9.17, 15) is 9.59 Å². The summed E-state index contributed by atoms with van der Waals surface area (Å²) in [5.41, 5.74) is 0.984. The van der Waals surface area contributed by atoms with Crippen molar-refractivity contribution in [2.24, 2.45) is 0 Å². The maximum absolute atomic E-state index is 12.5. The Morgan fingerprint density at radius 2 is 1.80 bits per heavy atom. The van der Waals surface area contributed by atoms with Crippen molar-refractivity contribution in [3.8, 4) is 5.69 Å². The van der Waals surface area contributed by atoms with Gasteiger partial charge in [-0.15, -0.1) is 0 Å². The lowest BCUT2D eigenvalue weighted by Crippen LogP contribution is -2.37. The number of carbonyl (C=O) groups excluding carboxylic acids is 1. The van der Waals surface area contributed by atoms with Gasteiger partial charge in [-0.05, 0) is 40.3 Å². The summed E-state index contributed by atoms with van der Waals surface area (Å²) in [6, 6.07) is 18.5. The monoisotopic (exact) mass is 356 g/mol. The summed E-state index contributed by atoms with van der Waals surface area (Å²) < 4.78 is 6.47. The molecule has 0 aliphatic carbocycles. The zero-order chi connectivity index (χ0) is 17.6. The largest absolute Gasteiger partial charge is 0.442 e. The lowest BCUT2D eigenvalue weighted by Gasteiger charge is -2.11. The van der Waals surface area contributed by atoms with Gasteiger partial charge < -0.3 is 5.32 Å². The van der Waals surface area contributed by atoms with Gasteiger partial charge in [-0.25, -0.2) is 4.79 Å². The van der Waals surface area contributed by atoms with Crippen molar-refractivity contribution in [1.29, 1.82) is 0 Å². The van der Waals surface area contributed by atoms with E-state index in [-0.39, 0.29) is 5.91 Å². The van der Waals surface area contributed by atoms with Crippen LogP contribution in [0.5, 0.6) is 0 Å². The number of para-hydroxylation sites is 2. The molecular weight excluding hydrogens is 338 g/mol. The molecule has 0 saturated carbocycles. The van der Waals surface area contributed by atoms with Crippen LogP contribution >= 0.6 is 11.8 Å². The van der Waals surface area contributed by atoms with Crippen LogP contribution in [0.15, 0.2) is 75.0 Å². The van der Waals surface area contributed by atoms with Crippen molar-refractivity contribution in [1.82, 2.24) is 5.27 Å². The van der Waals surface area contributed by atoms with Crippen molar-refractivity contribution in [2.45, 2.75) is 23.6 Å². The third kappa shape index (κ3) is 4.00. The maximum atomic E-state index is 12.5. The minimum atomic E-state index is -0.500. The maximum Gasteiger partial charge on any atom is 0.442 e. The number of hydrogen-bond donors (Lipinski definition) is 2. The molecule has 3 aromatic rings. The van der Waals surface area contributed by atoms with E-state index in [1.54, 1.807) is 4.68 Å². The summed E-state index contributed by atoms with van der Waals surface area (Å²) in [6.07, 6.45) is 0.572. The molecule has 2 aromatic carbocycles. The van der Waals surface area contributed by atoms with E-state index in [2.05, 4.69) is 10.6 Å². The van der Waals surface area contributed by atoms with E-state index in [0.717, 1.165) is 11.4 Å². The number of aromatic amines is 1. The van der Waals surface area contributed by atoms with Crippen LogP contribution in [0, 0.1) is 0 Å². The average Bonchev–Trinajstić information content (AvgIpc) is 3.01. The Morgan fingerprint density at radius 3 is 2.44 bits per heavy atom. The number of anilines is 1. The second-order valence-corrected chi connectivity index (χ2v) is 6.52. The Labute approximate surface area is 148 Å². The first kappa shape index (κ1) is 17.0. The van der Waals surface area contributed by atoms with E-state index >= 15 is 0 Å². The number of thioether (sulfide) groups is 1. The van der Waals surface area contributed by atoms with Crippen LogP contribution in [0.2, 0.25) is 0 Å². The number of aromatic nitrogens is 2. The van der Waals surface area contributed by atoms with Crippen molar-refractivity contribution in [3.63, 3.8) is 0 Å². The minimum Gasteiger partial charge on any atom is -0.325 e. The zero-order valence-electron chi connectivity index (χ0n) is 13.6. The van der Waals surface area contributed by atoms with Gasteiger partial charge in [0, 0.05) is 17.8 Å². The molecule has 128 valence electrons. The summed E-state index contributed by atoms with van der Waals surface area (Å²) in [7, 11) is 0. The Hall–Kier alpha value is -2.80. The Morgan fingerprint density at radius 1 is 1.16 bits per heavy atom. The fraction of sp³-hybridized carbons (Fsp3) is 0.167. The van der Waals surface area contributed by atoms with Crippen molar-refractivity contribution >= 4 is 23.4 Å². The van der Waals surface area contributed by atoms with Crippen molar-refractivity contribution in [2.75, 3.05) is 5.32 Å². The lowest BCUT2D eigenvalue weighted by atomic mass is 10.3. The first-order chi connectivity index (χ1) is 12.2. The number of amides is 1. The van der Waals surface area contributed by atoms with E-state index in [0.29, 0.717) is 11.4 Å². The first-order valence-corrected chi connectivity index (χ1v) is 8.78. The highest BCUT2D eigenvalue weighted by molar-refractivity contribution is 8.00. The third-order valence-electron chi connectivity index (χ3n) is 3.58. The molecule has 0 aliphatic rings. The molecule has 0 fully saturated rings.